The molecule has 1 amide bonds. The predicted molar refractivity (Wildman–Crippen MR) is 57.1 cm³/mol. The third-order valence-corrected chi connectivity index (χ3v) is 2.24. The van der Waals surface area contributed by atoms with E-state index in [1.165, 1.54) is 0 Å². The van der Waals surface area contributed by atoms with Gasteiger partial charge in [0.05, 0.1) is 6.54 Å². The first kappa shape index (κ1) is 15.0. The summed E-state index contributed by atoms with van der Waals surface area (Å²) in [6.45, 7) is -0.485. The lowest BCUT2D eigenvalue weighted by Gasteiger charge is -2.12. The summed E-state index contributed by atoms with van der Waals surface area (Å²) in [6.07, 6.45) is -1.35. The summed E-state index contributed by atoms with van der Waals surface area (Å²) in [5.41, 5.74) is -0.985. The zero-order valence-electron chi connectivity index (χ0n) is 9.75. The molecule has 0 aromatic heterocycles. The van der Waals surface area contributed by atoms with Gasteiger partial charge in [-0.2, -0.15) is 0 Å². The monoisotopic (exact) mass is 277 g/mol. The number of hydrogen-bond donors (Lipinski definition) is 2. The van der Waals surface area contributed by atoms with Crippen LogP contribution in [-0.4, -0.2) is 36.7 Å². The van der Waals surface area contributed by atoms with Crippen molar-refractivity contribution in [1.29, 1.82) is 0 Å². The molecule has 2 N–H and O–H groups in total. The first-order chi connectivity index (χ1) is 8.86. The van der Waals surface area contributed by atoms with Crippen molar-refractivity contribution >= 4 is 11.9 Å². The number of aliphatic carboxylic acids is 1. The van der Waals surface area contributed by atoms with E-state index in [1.807, 2.05) is 5.32 Å². The van der Waals surface area contributed by atoms with Gasteiger partial charge in [-0.1, -0.05) is 0 Å². The quantitative estimate of drug-likeness (QED) is 0.839. The molecule has 1 aromatic carbocycles. The fraction of sp³-hybridized carbons (Fsp3) is 0.273. The average Bonchev–Trinajstić information content (AvgIpc) is 2.27. The Bertz CT molecular complexity index is 484. The topological polar surface area (TPSA) is 75.6 Å². The summed E-state index contributed by atoms with van der Waals surface area (Å²) in [7, 11) is 1.10. The summed E-state index contributed by atoms with van der Waals surface area (Å²) < 4.78 is 43.6. The number of carbonyl (C=O) groups excluding carboxylic acids is 1. The van der Waals surface area contributed by atoms with Gasteiger partial charge in [0.2, 0.25) is 0 Å². The van der Waals surface area contributed by atoms with Gasteiger partial charge in [0.15, 0.2) is 6.10 Å². The van der Waals surface area contributed by atoms with Gasteiger partial charge in [-0.3, -0.25) is 4.79 Å². The molecule has 0 bridgehead atoms. The predicted octanol–water partition coefficient (Wildman–Crippen LogP) is 0.933. The lowest BCUT2D eigenvalue weighted by molar-refractivity contribution is -0.148. The van der Waals surface area contributed by atoms with Crippen molar-refractivity contribution in [2.24, 2.45) is 0 Å². The third-order valence-electron chi connectivity index (χ3n) is 2.24. The molecule has 0 aliphatic carbocycles. The van der Waals surface area contributed by atoms with E-state index in [1.54, 1.807) is 0 Å². The number of amides is 1. The van der Waals surface area contributed by atoms with Crippen LogP contribution >= 0.6 is 0 Å². The Hall–Kier alpha value is -2.09. The van der Waals surface area contributed by atoms with Crippen LogP contribution in [0.5, 0.6) is 0 Å². The highest BCUT2D eigenvalue weighted by Gasteiger charge is 2.22. The number of carboxylic acid groups (broad SMARTS) is 1. The van der Waals surface area contributed by atoms with Crippen molar-refractivity contribution in [2.75, 3.05) is 13.7 Å². The van der Waals surface area contributed by atoms with Crippen LogP contribution in [-0.2, 0) is 9.53 Å². The molecule has 0 fully saturated rings. The Morgan fingerprint density at radius 1 is 1.32 bits per heavy atom. The summed E-state index contributed by atoms with van der Waals surface area (Å²) in [5.74, 6) is -6.45. The van der Waals surface area contributed by atoms with E-state index in [0.717, 1.165) is 7.11 Å². The van der Waals surface area contributed by atoms with Gasteiger partial charge >= 0.3 is 5.97 Å². The van der Waals surface area contributed by atoms with Crippen molar-refractivity contribution in [3.8, 4) is 0 Å². The van der Waals surface area contributed by atoms with Crippen LogP contribution in [0.25, 0.3) is 0 Å². The van der Waals surface area contributed by atoms with Crippen LogP contribution in [0.1, 0.15) is 10.4 Å². The van der Waals surface area contributed by atoms with E-state index >= 15 is 0 Å². The third kappa shape index (κ3) is 3.68. The first-order valence-electron chi connectivity index (χ1n) is 5.05. The molecule has 1 aromatic rings. The van der Waals surface area contributed by atoms with E-state index in [0.29, 0.717) is 12.1 Å². The SMILES string of the molecule is COC(CNC(=O)c1c(F)cc(F)cc1F)C(=O)O. The highest BCUT2D eigenvalue weighted by Crippen LogP contribution is 2.14. The number of benzene rings is 1. The number of methoxy groups -OCH3 is 1. The standard InChI is InChI=1S/C11H10F3NO4/c1-19-8(11(17)18)4-15-10(16)9-6(13)2-5(12)3-7(9)14/h2-3,8H,4H2,1H3,(H,15,16)(H,17,18). The Kier molecular flexibility index (Phi) is 4.87. The minimum atomic E-state index is -1.38. The largest absolute Gasteiger partial charge is 0.479 e. The Balaban J connectivity index is 2.82. The molecule has 1 rings (SSSR count). The van der Waals surface area contributed by atoms with Gasteiger partial charge in [0.1, 0.15) is 23.0 Å². The lowest BCUT2D eigenvalue weighted by atomic mass is 10.1. The van der Waals surface area contributed by atoms with Gasteiger partial charge < -0.3 is 15.2 Å². The fourth-order valence-corrected chi connectivity index (χ4v) is 1.30. The molecule has 0 aliphatic rings. The van der Waals surface area contributed by atoms with Crippen LogP contribution < -0.4 is 5.32 Å². The lowest BCUT2D eigenvalue weighted by Crippen LogP contribution is -2.38. The Morgan fingerprint density at radius 3 is 2.26 bits per heavy atom. The number of rotatable bonds is 5. The normalized spacial score (nSPS) is 12.0. The van der Waals surface area contributed by atoms with Crippen molar-refractivity contribution < 1.29 is 32.6 Å². The van der Waals surface area contributed by atoms with Gasteiger partial charge in [-0.25, -0.2) is 18.0 Å². The molecule has 19 heavy (non-hydrogen) atoms. The second kappa shape index (κ2) is 6.19. The fourth-order valence-electron chi connectivity index (χ4n) is 1.30. The molecule has 0 heterocycles. The Labute approximate surface area is 106 Å². The van der Waals surface area contributed by atoms with Crippen molar-refractivity contribution in [3.63, 3.8) is 0 Å². The molecule has 5 nitrogen and oxygen atoms in total. The molecule has 104 valence electrons. The van der Waals surface area contributed by atoms with Crippen molar-refractivity contribution in [1.82, 2.24) is 5.32 Å². The molecule has 0 aliphatic heterocycles. The second-order valence-corrected chi connectivity index (χ2v) is 3.52. The van der Waals surface area contributed by atoms with Crippen LogP contribution in [0.3, 0.4) is 0 Å². The van der Waals surface area contributed by atoms with Crippen molar-refractivity contribution in [2.45, 2.75) is 6.10 Å². The van der Waals surface area contributed by atoms with Gasteiger partial charge in [-0.15, -0.1) is 0 Å². The molecule has 8 heteroatoms. The minimum absolute atomic E-state index is 0.350. The van der Waals surface area contributed by atoms with Gasteiger partial charge in [-0.05, 0) is 0 Å². The number of carboxylic acids is 1. The number of halogens is 3. The maximum absolute atomic E-state index is 13.2. The molecule has 0 saturated carbocycles. The van der Waals surface area contributed by atoms with E-state index in [-0.39, 0.29) is 0 Å². The van der Waals surface area contributed by atoms with Crippen molar-refractivity contribution in [3.05, 3.63) is 35.1 Å². The molecule has 1 unspecified atom stereocenters. The molecule has 0 radical (unpaired) electrons. The number of ether oxygens (including phenoxy) is 1. The summed E-state index contributed by atoms with van der Waals surface area (Å²) in [5, 5.41) is 10.6. The summed E-state index contributed by atoms with van der Waals surface area (Å²) in [6, 6.07) is 0.700. The van der Waals surface area contributed by atoms with Crippen LogP contribution in [0.4, 0.5) is 13.2 Å². The zero-order chi connectivity index (χ0) is 14.6. The maximum atomic E-state index is 13.2. The van der Waals surface area contributed by atoms with E-state index in [9.17, 15) is 22.8 Å². The molecular formula is C11H10F3NO4. The molecule has 1 atom stereocenters. The first-order valence-corrected chi connectivity index (χ1v) is 5.05. The van der Waals surface area contributed by atoms with E-state index < -0.39 is 47.5 Å². The molecular weight excluding hydrogens is 267 g/mol. The zero-order valence-corrected chi connectivity index (χ0v) is 9.75. The smallest absolute Gasteiger partial charge is 0.334 e. The number of carbonyl (C=O) groups is 2. The average molecular weight is 277 g/mol. The minimum Gasteiger partial charge on any atom is -0.479 e. The number of nitrogens with one attached hydrogen (secondary N) is 1. The molecule has 0 saturated heterocycles. The molecule has 0 spiro atoms. The highest BCUT2D eigenvalue weighted by atomic mass is 19.1. The van der Waals surface area contributed by atoms with Crippen LogP contribution in [0.15, 0.2) is 12.1 Å². The summed E-state index contributed by atoms with van der Waals surface area (Å²) >= 11 is 0. The number of hydrogen-bond acceptors (Lipinski definition) is 3. The second-order valence-electron chi connectivity index (χ2n) is 3.52. The summed E-state index contributed by atoms with van der Waals surface area (Å²) in [4.78, 5) is 22.1. The Morgan fingerprint density at radius 2 is 1.84 bits per heavy atom. The van der Waals surface area contributed by atoms with Crippen LogP contribution in [0.2, 0.25) is 0 Å². The van der Waals surface area contributed by atoms with E-state index in [4.69, 9.17) is 5.11 Å². The maximum Gasteiger partial charge on any atom is 0.334 e. The van der Waals surface area contributed by atoms with Gasteiger partial charge in [0.25, 0.3) is 5.91 Å². The van der Waals surface area contributed by atoms with Crippen LogP contribution in [0, 0.1) is 17.5 Å². The van der Waals surface area contributed by atoms with E-state index in [2.05, 4.69) is 4.74 Å². The van der Waals surface area contributed by atoms with Gasteiger partial charge in [0, 0.05) is 19.2 Å². The highest BCUT2D eigenvalue weighted by molar-refractivity contribution is 5.95.